The lowest BCUT2D eigenvalue weighted by molar-refractivity contribution is -0.176. The molecule has 3 atom stereocenters. The summed E-state index contributed by atoms with van der Waals surface area (Å²) >= 11 is 0. The van der Waals surface area contributed by atoms with Crippen LogP contribution in [0.25, 0.3) is 0 Å². The molecular formula is C15H29NO2. The molecule has 1 N–H and O–H groups in total. The van der Waals surface area contributed by atoms with Gasteiger partial charge in [-0.2, -0.15) is 0 Å². The molecule has 0 bridgehead atoms. The predicted octanol–water partition coefficient (Wildman–Crippen LogP) is 2.59. The van der Waals surface area contributed by atoms with Gasteiger partial charge in [-0.05, 0) is 32.1 Å². The third-order valence-corrected chi connectivity index (χ3v) is 5.00. The van der Waals surface area contributed by atoms with E-state index >= 15 is 0 Å². The second-order valence-corrected chi connectivity index (χ2v) is 6.29. The van der Waals surface area contributed by atoms with Crippen molar-refractivity contribution in [2.24, 2.45) is 11.3 Å². The van der Waals surface area contributed by atoms with Crippen molar-refractivity contribution >= 4 is 0 Å². The zero-order valence-electron chi connectivity index (χ0n) is 12.4. The summed E-state index contributed by atoms with van der Waals surface area (Å²) in [5.74, 6) is 0.619. The van der Waals surface area contributed by atoms with E-state index in [0.29, 0.717) is 29.5 Å². The summed E-state index contributed by atoms with van der Waals surface area (Å²) in [7, 11) is 1.79. The van der Waals surface area contributed by atoms with Gasteiger partial charge in [-0.15, -0.1) is 0 Å². The van der Waals surface area contributed by atoms with Gasteiger partial charge in [0.1, 0.15) is 0 Å². The number of rotatable bonds is 7. The van der Waals surface area contributed by atoms with Crippen LogP contribution in [0.5, 0.6) is 0 Å². The van der Waals surface area contributed by atoms with Crippen LogP contribution >= 0.6 is 0 Å². The Bertz CT molecular complexity index is 263. The van der Waals surface area contributed by atoms with E-state index < -0.39 is 0 Å². The van der Waals surface area contributed by atoms with Gasteiger partial charge in [0.15, 0.2) is 0 Å². The Morgan fingerprint density at radius 1 is 1.33 bits per heavy atom. The Kier molecular flexibility index (Phi) is 4.68. The molecule has 2 fully saturated rings. The van der Waals surface area contributed by atoms with Crippen LogP contribution in [-0.2, 0) is 9.47 Å². The zero-order chi connectivity index (χ0) is 13.2. The Balaban J connectivity index is 1.90. The van der Waals surface area contributed by atoms with Crippen molar-refractivity contribution < 1.29 is 9.47 Å². The molecule has 0 heterocycles. The van der Waals surface area contributed by atoms with E-state index in [-0.39, 0.29) is 0 Å². The van der Waals surface area contributed by atoms with Gasteiger partial charge < -0.3 is 14.8 Å². The SMILES string of the molecule is CCOC1CC(NC(COC)C(C)C)C12CCC2. The minimum Gasteiger partial charge on any atom is -0.383 e. The maximum Gasteiger partial charge on any atom is 0.0661 e. The van der Waals surface area contributed by atoms with Crippen LogP contribution in [0.1, 0.15) is 46.5 Å². The summed E-state index contributed by atoms with van der Waals surface area (Å²) in [6, 6.07) is 1.12. The summed E-state index contributed by atoms with van der Waals surface area (Å²) in [5.41, 5.74) is 0.455. The van der Waals surface area contributed by atoms with Crippen molar-refractivity contribution in [1.82, 2.24) is 5.32 Å². The molecule has 2 rings (SSSR count). The average Bonchev–Trinajstić information content (AvgIpc) is 2.23. The molecule has 1 spiro atoms. The average molecular weight is 255 g/mol. The molecule has 18 heavy (non-hydrogen) atoms. The van der Waals surface area contributed by atoms with E-state index in [1.54, 1.807) is 7.11 Å². The van der Waals surface area contributed by atoms with Gasteiger partial charge in [0.2, 0.25) is 0 Å². The van der Waals surface area contributed by atoms with E-state index in [4.69, 9.17) is 9.47 Å². The fourth-order valence-corrected chi connectivity index (χ4v) is 3.54. The predicted molar refractivity (Wildman–Crippen MR) is 73.7 cm³/mol. The van der Waals surface area contributed by atoms with Crippen LogP contribution in [-0.4, -0.2) is 38.5 Å². The van der Waals surface area contributed by atoms with E-state index in [1.165, 1.54) is 25.7 Å². The summed E-state index contributed by atoms with van der Waals surface area (Å²) in [6.07, 6.45) is 5.74. The molecule has 0 aromatic heterocycles. The van der Waals surface area contributed by atoms with Crippen LogP contribution in [0.2, 0.25) is 0 Å². The molecule has 3 heteroatoms. The zero-order valence-corrected chi connectivity index (χ0v) is 12.4. The normalized spacial score (nSPS) is 31.2. The maximum atomic E-state index is 5.90. The number of hydrogen-bond donors (Lipinski definition) is 1. The topological polar surface area (TPSA) is 30.5 Å². The second kappa shape index (κ2) is 5.89. The molecule has 0 amide bonds. The van der Waals surface area contributed by atoms with Gasteiger partial charge in [-0.1, -0.05) is 20.3 Å². The van der Waals surface area contributed by atoms with Gasteiger partial charge in [-0.3, -0.25) is 0 Å². The summed E-state index contributed by atoms with van der Waals surface area (Å²) in [6.45, 7) is 8.30. The van der Waals surface area contributed by atoms with Crippen LogP contribution in [0.4, 0.5) is 0 Å². The lowest BCUT2D eigenvalue weighted by atomic mass is 9.51. The first-order valence-electron chi connectivity index (χ1n) is 7.50. The van der Waals surface area contributed by atoms with Gasteiger partial charge in [0.05, 0.1) is 12.7 Å². The lowest BCUT2D eigenvalue weighted by Gasteiger charge is -2.62. The van der Waals surface area contributed by atoms with Crippen LogP contribution < -0.4 is 5.32 Å². The van der Waals surface area contributed by atoms with E-state index in [9.17, 15) is 0 Å². The minimum absolute atomic E-state index is 0.455. The molecule has 0 radical (unpaired) electrons. The first-order chi connectivity index (χ1) is 8.64. The molecule has 0 aromatic rings. The molecule has 3 unspecified atom stereocenters. The molecule has 0 aromatic carbocycles. The van der Waals surface area contributed by atoms with Gasteiger partial charge in [0.25, 0.3) is 0 Å². The number of nitrogens with one attached hydrogen (secondary N) is 1. The van der Waals surface area contributed by atoms with Crippen molar-refractivity contribution in [2.45, 2.75) is 64.6 Å². The van der Waals surface area contributed by atoms with Crippen LogP contribution in [0.15, 0.2) is 0 Å². The fraction of sp³-hybridized carbons (Fsp3) is 1.00. The highest BCUT2D eigenvalue weighted by molar-refractivity contribution is 5.12. The number of methoxy groups -OCH3 is 1. The van der Waals surface area contributed by atoms with Gasteiger partial charge in [-0.25, -0.2) is 0 Å². The van der Waals surface area contributed by atoms with Crippen molar-refractivity contribution in [3.8, 4) is 0 Å². The van der Waals surface area contributed by atoms with E-state index in [0.717, 1.165) is 13.2 Å². The standard InChI is InChI=1S/C15H29NO2/c1-5-18-14-9-13(15(14)7-6-8-15)16-12(10-17-4)11(2)3/h11-14,16H,5-10H2,1-4H3. The Hall–Kier alpha value is -0.120. The van der Waals surface area contributed by atoms with Crippen LogP contribution in [0, 0.1) is 11.3 Å². The molecule has 0 aliphatic heterocycles. The first-order valence-corrected chi connectivity index (χ1v) is 7.50. The summed E-state index contributed by atoms with van der Waals surface area (Å²) in [4.78, 5) is 0. The van der Waals surface area contributed by atoms with Crippen molar-refractivity contribution in [3.05, 3.63) is 0 Å². The highest BCUT2D eigenvalue weighted by atomic mass is 16.5. The highest BCUT2D eigenvalue weighted by Crippen LogP contribution is 2.57. The third-order valence-electron chi connectivity index (χ3n) is 5.00. The molecule has 106 valence electrons. The van der Waals surface area contributed by atoms with Gasteiger partial charge in [0, 0.05) is 31.2 Å². The van der Waals surface area contributed by atoms with Crippen LogP contribution in [0.3, 0.4) is 0 Å². The number of hydrogen-bond acceptors (Lipinski definition) is 3. The smallest absolute Gasteiger partial charge is 0.0661 e. The third kappa shape index (κ3) is 2.45. The molecule has 2 saturated carbocycles. The van der Waals surface area contributed by atoms with E-state index in [1.807, 2.05) is 0 Å². The Morgan fingerprint density at radius 3 is 2.50 bits per heavy atom. The molecule has 0 saturated heterocycles. The van der Waals surface area contributed by atoms with Crippen molar-refractivity contribution in [3.63, 3.8) is 0 Å². The Labute approximate surface area is 112 Å². The lowest BCUT2D eigenvalue weighted by Crippen LogP contribution is -2.68. The molecule has 2 aliphatic carbocycles. The largest absolute Gasteiger partial charge is 0.383 e. The number of ether oxygens (including phenoxy) is 2. The minimum atomic E-state index is 0.455. The maximum absolute atomic E-state index is 5.90. The monoisotopic (exact) mass is 255 g/mol. The van der Waals surface area contributed by atoms with Gasteiger partial charge >= 0.3 is 0 Å². The van der Waals surface area contributed by atoms with Crippen molar-refractivity contribution in [2.75, 3.05) is 20.3 Å². The fourth-order valence-electron chi connectivity index (χ4n) is 3.54. The summed E-state index contributed by atoms with van der Waals surface area (Å²) < 4.78 is 11.2. The Morgan fingerprint density at radius 2 is 2.06 bits per heavy atom. The quantitative estimate of drug-likeness (QED) is 0.758. The highest BCUT2D eigenvalue weighted by Gasteiger charge is 2.59. The first kappa shape index (κ1) is 14.3. The van der Waals surface area contributed by atoms with Crippen molar-refractivity contribution in [1.29, 1.82) is 0 Å². The summed E-state index contributed by atoms with van der Waals surface area (Å²) in [5, 5.41) is 3.83. The molecule has 2 aliphatic rings. The molecular weight excluding hydrogens is 226 g/mol. The van der Waals surface area contributed by atoms with E-state index in [2.05, 4.69) is 26.1 Å². The molecule has 3 nitrogen and oxygen atoms in total. The second-order valence-electron chi connectivity index (χ2n) is 6.29.